The van der Waals surface area contributed by atoms with Gasteiger partial charge in [-0.05, 0) is 30.2 Å². The minimum Gasteiger partial charge on any atom is -0.306 e. The van der Waals surface area contributed by atoms with Gasteiger partial charge >= 0.3 is 0 Å². The van der Waals surface area contributed by atoms with E-state index in [0.717, 1.165) is 40.8 Å². The predicted octanol–water partition coefficient (Wildman–Crippen LogP) is 3.15. The molecule has 1 aliphatic rings. The Morgan fingerprint density at radius 2 is 1.96 bits per heavy atom. The second-order valence-electron chi connectivity index (χ2n) is 6.13. The smallest absolute Gasteiger partial charge is 0.254 e. The van der Waals surface area contributed by atoms with Crippen molar-refractivity contribution in [2.45, 2.75) is 19.5 Å². The van der Waals surface area contributed by atoms with E-state index in [1.165, 1.54) is 5.56 Å². The van der Waals surface area contributed by atoms with Gasteiger partial charge in [-0.1, -0.05) is 34.1 Å². The fraction of sp³-hybridized carbons (Fsp3) is 0.211. The predicted molar refractivity (Wildman–Crippen MR) is 100 cm³/mol. The van der Waals surface area contributed by atoms with Gasteiger partial charge in [0.1, 0.15) is 5.82 Å². The molecule has 1 aliphatic heterocycles. The van der Waals surface area contributed by atoms with Crippen molar-refractivity contribution in [3.8, 4) is 11.4 Å². The van der Waals surface area contributed by atoms with Gasteiger partial charge in [0.25, 0.3) is 5.56 Å². The maximum Gasteiger partial charge on any atom is 0.254 e. The highest BCUT2D eigenvalue weighted by molar-refractivity contribution is 9.10. The number of H-pyrrole nitrogens is 1. The van der Waals surface area contributed by atoms with Crippen molar-refractivity contribution >= 4 is 15.9 Å². The number of nitrogens with zero attached hydrogens (tertiary/aromatic N) is 3. The first-order chi connectivity index (χ1) is 12.2. The molecule has 3 aromatic rings. The molecule has 3 heterocycles. The molecule has 0 unspecified atom stereocenters. The molecule has 0 atom stereocenters. The van der Waals surface area contributed by atoms with Crippen LogP contribution in [0.15, 0.2) is 58.1 Å². The van der Waals surface area contributed by atoms with Crippen molar-refractivity contribution in [2.75, 3.05) is 6.54 Å². The average Bonchev–Trinajstić information content (AvgIpc) is 2.64. The Hall–Kier alpha value is -2.31. The highest BCUT2D eigenvalue weighted by Gasteiger charge is 2.21. The molecule has 126 valence electrons. The Labute approximate surface area is 153 Å². The van der Waals surface area contributed by atoms with E-state index in [4.69, 9.17) is 4.98 Å². The zero-order chi connectivity index (χ0) is 17.2. The van der Waals surface area contributed by atoms with Crippen LogP contribution < -0.4 is 5.56 Å². The SMILES string of the molecule is O=c1[nH]c(-c2ccncc2)nc2c1CCN(Cc1ccccc1Br)C2. The quantitative estimate of drug-likeness (QED) is 0.738. The minimum atomic E-state index is -0.0302. The van der Waals surface area contributed by atoms with Crippen molar-refractivity contribution in [1.29, 1.82) is 0 Å². The summed E-state index contributed by atoms with van der Waals surface area (Å²) in [6.45, 7) is 2.37. The van der Waals surface area contributed by atoms with Gasteiger partial charge in [-0.25, -0.2) is 4.98 Å². The molecule has 1 aromatic carbocycles. The molecule has 0 spiro atoms. The largest absolute Gasteiger partial charge is 0.306 e. The number of aromatic amines is 1. The van der Waals surface area contributed by atoms with Crippen LogP contribution in [-0.2, 0) is 19.5 Å². The first-order valence-corrected chi connectivity index (χ1v) is 8.98. The number of rotatable bonds is 3. The molecule has 25 heavy (non-hydrogen) atoms. The summed E-state index contributed by atoms with van der Waals surface area (Å²) < 4.78 is 1.11. The zero-order valence-corrected chi connectivity index (χ0v) is 15.2. The number of nitrogens with one attached hydrogen (secondary N) is 1. The molecule has 0 saturated heterocycles. The summed E-state index contributed by atoms with van der Waals surface area (Å²) in [5, 5.41) is 0. The normalized spacial score (nSPS) is 14.3. The van der Waals surface area contributed by atoms with Gasteiger partial charge in [0.05, 0.1) is 5.69 Å². The topological polar surface area (TPSA) is 61.9 Å². The number of fused-ring (bicyclic) bond motifs is 1. The molecular formula is C19H17BrN4O. The molecule has 1 N–H and O–H groups in total. The van der Waals surface area contributed by atoms with E-state index in [2.05, 4.69) is 42.9 Å². The van der Waals surface area contributed by atoms with Gasteiger partial charge in [-0.3, -0.25) is 14.7 Å². The molecule has 5 nitrogen and oxygen atoms in total. The van der Waals surface area contributed by atoms with Crippen molar-refractivity contribution in [3.63, 3.8) is 0 Å². The Bertz CT molecular complexity index is 955. The first kappa shape index (κ1) is 16.2. The van der Waals surface area contributed by atoms with Gasteiger partial charge < -0.3 is 4.98 Å². The van der Waals surface area contributed by atoms with Crippen LogP contribution in [0.25, 0.3) is 11.4 Å². The second kappa shape index (κ2) is 6.90. The first-order valence-electron chi connectivity index (χ1n) is 8.19. The minimum absolute atomic E-state index is 0.0302. The van der Waals surface area contributed by atoms with Crippen LogP contribution in [0.4, 0.5) is 0 Å². The van der Waals surface area contributed by atoms with E-state index in [1.807, 2.05) is 24.3 Å². The Morgan fingerprint density at radius 1 is 1.16 bits per heavy atom. The fourth-order valence-electron chi connectivity index (χ4n) is 3.14. The van der Waals surface area contributed by atoms with Gasteiger partial charge in [-0.15, -0.1) is 0 Å². The third-order valence-corrected chi connectivity index (χ3v) is 5.23. The van der Waals surface area contributed by atoms with Crippen LogP contribution in [0.5, 0.6) is 0 Å². The fourth-order valence-corrected chi connectivity index (χ4v) is 3.55. The number of aromatic nitrogens is 3. The molecule has 0 bridgehead atoms. The van der Waals surface area contributed by atoms with E-state index in [9.17, 15) is 4.79 Å². The number of benzene rings is 1. The number of pyridine rings is 1. The highest BCUT2D eigenvalue weighted by atomic mass is 79.9. The maximum absolute atomic E-state index is 12.4. The summed E-state index contributed by atoms with van der Waals surface area (Å²) >= 11 is 3.61. The standard InChI is InChI=1S/C19H17BrN4O/c20-16-4-2-1-3-14(16)11-24-10-7-15-17(12-24)22-18(23-19(15)25)13-5-8-21-9-6-13/h1-6,8-9H,7,10-12H2,(H,22,23,25). The lowest BCUT2D eigenvalue weighted by atomic mass is 10.1. The van der Waals surface area contributed by atoms with E-state index >= 15 is 0 Å². The summed E-state index contributed by atoms with van der Waals surface area (Å²) in [5.74, 6) is 0.605. The molecule has 2 aromatic heterocycles. The van der Waals surface area contributed by atoms with Crippen LogP contribution in [0, 0.1) is 0 Å². The van der Waals surface area contributed by atoms with E-state index in [0.29, 0.717) is 12.4 Å². The Morgan fingerprint density at radius 3 is 2.76 bits per heavy atom. The molecule has 0 aliphatic carbocycles. The van der Waals surface area contributed by atoms with Gasteiger partial charge in [0.2, 0.25) is 0 Å². The molecular weight excluding hydrogens is 380 g/mol. The van der Waals surface area contributed by atoms with Crippen molar-refractivity contribution in [3.05, 3.63) is 80.4 Å². The average molecular weight is 397 g/mol. The second-order valence-corrected chi connectivity index (χ2v) is 6.98. The number of hydrogen-bond acceptors (Lipinski definition) is 4. The van der Waals surface area contributed by atoms with Crippen LogP contribution in [-0.4, -0.2) is 26.4 Å². The third-order valence-electron chi connectivity index (χ3n) is 4.46. The maximum atomic E-state index is 12.4. The van der Waals surface area contributed by atoms with E-state index in [-0.39, 0.29) is 5.56 Å². The van der Waals surface area contributed by atoms with Crippen molar-refractivity contribution in [1.82, 2.24) is 19.9 Å². The van der Waals surface area contributed by atoms with Crippen LogP contribution >= 0.6 is 15.9 Å². The van der Waals surface area contributed by atoms with Gasteiger partial charge in [0.15, 0.2) is 0 Å². The zero-order valence-electron chi connectivity index (χ0n) is 13.6. The number of halogens is 1. The van der Waals surface area contributed by atoms with E-state index in [1.54, 1.807) is 12.4 Å². The lowest BCUT2D eigenvalue weighted by molar-refractivity contribution is 0.240. The third kappa shape index (κ3) is 3.41. The molecule has 6 heteroatoms. The van der Waals surface area contributed by atoms with Crippen molar-refractivity contribution in [2.24, 2.45) is 0 Å². The van der Waals surface area contributed by atoms with E-state index < -0.39 is 0 Å². The van der Waals surface area contributed by atoms with Crippen LogP contribution in [0.3, 0.4) is 0 Å². The lowest BCUT2D eigenvalue weighted by Gasteiger charge is -2.28. The molecule has 0 fully saturated rings. The monoisotopic (exact) mass is 396 g/mol. The van der Waals surface area contributed by atoms with Crippen LogP contribution in [0.2, 0.25) is 0 Å². The summed E-state index contributed by atoms with van der Waals surface area (Å²) in [6, 6.07) is 11.9. The number of hydrogen-bond donors (Lipinski definition) is 1. The summed E-state index contributed by atoms with van der Waals surface area (Å²) in [5.41, 5.74) is 3.76. The summed E-state index contributed by atoms with van der Waals surface area (Å²) in [6.07, 6.45) is 4.13. The Kier molecular flexibility index (Phi) is 4.46. The summed E-state index contributed by atoms with van der Waals surface area (Å²) in [4.78, 5) is 26.4. The van der Waals surface area contributed by atoms with Gasteiger partial charge in [-0.2, -0.15) is 0 Å². The molecule has 4 rings (SSSR count). The lowest BCUT2D eigenvalue weighted by Crippen LogP contribution is -2.35. The summed E-state index contributed by atoms with van der Waals surface area (Å²) in [7, 11) is 0. The van der Waals surface area contributed by atoms with Gasteiger partial charge in [0, 0.05) is 47.6 Å². The van der Waals surface area contributed by atoms with Crippen molar-refractivity contribution < 1.29 is 0 Å². The molecule has 0 radical (unpaired) electrons. The molecule has 0 saturated carbocycles. The highest BCUT2D eigenvalue weighted by Crippen LogP contribution is 2.22. The Balaban J connectivity index is 1.63. The molecule has 0 amide bonds. The van der Waals surface area contributed by atoms with Crippen LogP contribution in [0.1, 0.15) is 16.8 Å².